The predicted molar refractivity (Wildman–Crippen MR) is 89.7 cm³/mol. The van der Waals surface area contributed by atoms with Gasteiger partial charge in [-0.25, -0.2) is 8.78 Å². The summed E-state index contributed by atoms with van der Waals surface area (Å²) in [5.74, 6) is -0.564. The lowest BCUT2D eigenvalue weighted by Gasteiger charge is -2.16. The molecule has 0 saturated heterocycles. The molecule has 2 N–H and O–H groups in total. The fourth-order valence-electron chi connectivity index (χ4n) is 1.65. The monoisotopic (exact) mass is 395 g/mol. The lowest BCUT2D eigenvalue weighted by molar-refractivity contribution is 0.556. The summed E-state index contributed by atoms with van der Waals surface area (Å²) in [6.07, 6.45) is 1.72. The molecular weight excluding hydrogens is 375 g/mol. The Hall–Kier alpha value is -1.18. The zero-order chi connectivity index (χ0) is 14.3. The molecule has 0 spiro atoms. The van der Waals surface area contributed by atoms with Gasteiger partial charge in [-0.05, 0) is 11.6 Å². The van der Waals surface area contributed by atoms with E-state index in [0.29, 0.717) is 24.6 Å². The lowest BCUT2D eigenvalue weighted by atomic mass is 10.0. The van der Waals surface area contributed by atoms with Crippen molar-refractivity contribution >= 4 is 29.9 Å². The van der Waals surface area contributed by atoms with Gasteiger partial charge >= 0.3 is 0 Å². The first-order valence-electron chi connectivity index (χ1n) is 6.08. The van der Waals surface area contributed by atoms with Gasteiger partial charge in [0.1, 0.15) is 11.6 Å². The lowest BCUT2D eigenvalue weighted by Crippen LogP contribution is -2.39. The highest BCUT2D eigenvalue weighted by molar-refractivity contribution is 14.0. The number of nitrogens with one attached hydrogen (secondary N) is 2. The van der Waals surface area contributed by atoms with E-state index in [1.165, 1.54) is 12.1 Å². The molecular formula is C14H20F2IN3. The summed E-state index contributed by atoms with van der Waals surface area (Å²) in [5.41, 5.74) is 0.480. The fourth-order valence-corrected chi connectivity index (χ4v) is 1.65. The van der Waals surface area contributed by atoms with Crippen molar-refractivity contribution in [2.75, 3.05) is 20.1 Å². The zero-order valence-electron chi connectivity index (χ0n) is 11.6. The van der Waals surface area contributed by atoms with Gasteiger partial charge < -0.3 is 10.6 Å². The summed E-state index contributed by atoms with van der Waals surface area (Å²) < 4.78 is 26.4. The number of hydrogen-bond acceptors (Lipinski definition) is 1. The molecule has 112 valence electrons. The van der Waals surface area contributed by atoms with Crippen LogP contribution >= 0.6 is 24.0 Å². The normalized spacial score (nSPS) is 12.3. The van der Waals surface area contributed by atoms with Gasteiger partial charge in [-0.3, -0.25) is 4.99 Å². The zero-order valence-corrected chi connectivity index (χ0v) is 13.9. The van der Waals surface area contributed by atoms with Gasteiger partial charge in [0, 0.05) is 32.1 Å². The maximum Gasteiger partial charge on any atom is 0.191 e. The first-order valence-corrected chi connectivity index (χ1v) is 6.08. The Kier molecular flexibility index (Phi) is 9.11. The molecule has 6 heteroatoms. The van der Waals surface area contributed by atoms with Gasteiger partial charge in [0.05, 0.1) is 0 Å². The van der Waals surface area contributed by atoms with Crippen molar-refractivity contribution in [1.82, 2.24) is 10.6 Å². The molecule has 0 saturated carbocycles. The van der Waals surface area contributed by atoms with Gasteiger partial charge in [0.2, 0.25) is 0 Å². The fraction of sp³-hybridized carbons (Fsp3) is 0.357. The molecule has 0 aromatic heterocycles. The average Bonchev–Trinajstić information content (AvgIpc) is 2.38. The standard InChI is InChI=1S/C14H19F2N3.HI/c1-4-7-18-14(17-3)19-9-10(2)12-6-5-11(15)8-13(12)16;/h4-6,8,10H,1,7,9H2,2-3H3,(H2,17,18,19);1H. The molecule has 3 nitrogen and oxygen atoms in total. The van der Waals surface area contributed by atoms with Crippen LogP contribution in [0.3, 0.4) is 0 Å². The maximum atomic E-state index is 13.6. The minimum absolute atomic E-state index is 0. The van der Waals surface area contributed by atoms with E-state index in [4.69, 9.17) is 0 Å². The van der Waals surface area contributed by atoms with E-state index >= 15 is 0 Å². The number of hydrogen-bond donors (Lipinski definition) is 2. The van der Waals surface area contributed by atoms with Crippen LogP contribution in [0, 0.1) is 11.6 Å². The molecule has 1 rings (SSSR count). The van der Waals surface area contributed by atoms with Crippen LogP contribution in [0.2, 0.25) is 0 Å². The van der Waals surface area contributed by atoms with Crippen LogP contribution in [-0.2, 0) is 0 Å². The molecule has 0 radical (unpaired) electrons. The van der Waals surface area contributed by atoms with Crippen LogP contribution in [0.1, 0.15) is 18.4 Å². The third kappa shape index (κ3) is 5.85. The van der Waals surface area contributed by atoms with E-state index in [9.17, 15) is 8.78 Å². The van der Waals surface area contributed by atoms with Gasteiger partial charge in [-0.2, -0.15) is 0 Å². The summed E-state index contributed by atoms with van der Waals surface area (Å²) >= 11 is 0. The summed E-state index contributed by atoms with van der Waals surface area (Å²) in [6.45, 7) is 6.56. The van der Waals surface area contributed by atoms with Crippen molar-refractivity contribution in [3.63, 3.8) is 0 Å². The van der Waals surface area contributed by atoms with Crippen LogP contribution in [0.15, 0.2) is 35.8 Å². The predicted octanol–water partition coefficient (Wildman–Crippen LogP) is 3.04. The molecule has 0 aliphatic rings. The average molecular weight is 395 g/mol. The molecule has 0 heterocycles. The highest BCUT2D eigenvalue weighted by atomic mass is 127. The molecule has 0 fully saturated rings. The Morgan fingerprint density at radius 1 is 1.40 bits per heavy atom. The van der Waals surface area contributed by atoms with E-state index in [1.807, 2.05) is 6.92 Å². The maximum absolute atomic E-state index is 13.6. The van der Waals surface area contributed by atoms with Crippen molar-refractivity contribution in [1.29, 1.82) is 0 Å². The smallest absolute Gasteiger partial charge is 0.191 e. The van der Waals surface area contributed by atoms with Crippen LogP contribution in [0.25, 0.3) is 0 Å². The first kappa shape index (κ1) is 18.8. The van der Waals surface area contributed by atoms with E-state index in [2.05, 4.69) is 22.2 Å². The molecule has 0 aliphatic heterocycles. The van der Waals surface area contributed by atoms with Gasteiger partial charge in [0.15, 0.2) is 5.96 Å². The minimum atomic E-state index is -0.565. The molecule has 1 atom stereocenters. The Bertz CT molecular complexity index is 464. The highest BCUT2D eigenvalue weighted by Crippen LogP contribution is 2.18. The number of aliphatic imine (C=N–C) groups is 1. The number of halogens is 3. The van der Waals surface area contributed by atoms with Gasteiger partial charge in [0.25, 0.3) is 0 Å². The van der Waals surface area contributed by atoms with Crippen molar-refractivity contribution in [2.45, 2.75) is 12.8 Å². The van der Waals surface area contributed by atoms with Crippen molar-refractivity contribution in [3.8, 4) is 0 Å². The van der Waals surface area contributed by atoms with E-state index in [-0.39, 0.29) is 29.9 Å². The highest BCUT2D eigenvalue weighted by Gasteiger charge is 2.12. The quantitative estimate of drug-likeness (QED) is 0.348. The van der Waals surface area contributed by atoms with Crippen LogP contribution in [-0.4, -0.2) is 26.1 Å². The topological polar surface area (TPSA) is 36.4 Å². The van der Waals surface area contributed by atoms with Crippen LogP contribution in [0.5, 0.6) is 0 Å². The second-order valence-electron chi connectivity index (χ2n) is 4.19. The largest absolute Gasteiger partial charge is 0.356 e. The summed E-state index contributed by atoms with van der Waals surface area (Å²) in [6, 6.07) is 3.63. The molecule has 0 bridgehead atoms. The third-order valence-corrected chi connectivity index (χ3v) is 2.71. The van der Waals surface area contributed by atoms with E-state index in [0.717, 1.165) is 6.07 Å². The molecule has 1 unspecified atom stereocenters. The number of rotatable bonds is 5. The second kappa shape index (κ2) is 9.68. The minimum Gasteiger partial charge on any atom is -0.356 e. The van der Waals surface area contributed by atoms with Crippen molar-refractivity contribution in [3.05, 3.63) is 48.1 Å². The molecule has 20 heavy (non-hydrogen) atoms. The Morgan fingerprint density at radius 2 is 2.10 bits per heavy atom. The van der Waals surface area contributed by atoms with Crippen molar-refractivity contribution in [2.24, 2.45) is 4.99 Å². The third-order valence-electron chi connectivity index (χ3n) is 2.71. The molecule has 1 aromatic rings. The van der Waals surface area contributed by atoms with Gasteiger partial charge in [-0.15, -0.1) is 30.6 Å². The molecule has 1 aromatic carbocycles. The molecule has 0 amide bonds. The van der Waals surface area contributed by atoms with Crippen molar-refractivity contribution < 1.29 is 8.78 Å². The van der Waals surface area contributed by atoms with E-state index < -0.39 is 11.6 Å². The summed E-state index contributed by atoms with van der Waals surface area (Å²) in [5, 5.41) is 6.09. The second-order valence-corrected chi connectivity index (χ2v) is 4.19. The first-order chi connectivity index (χ1) is 9.08. The summed E-state index contributed by atoms with van der Waals surface area (Å²) in [7, 11) is 1.65. The molecule has 0 aliphatic carbocycles. The van der Waals surface area contributed by atoms with E-state index in [1.54, 1.807) is 13.1 Å². The Morgan fingerprint density at radius 3 is 2.65 bits per heavy atom. The Balaban J connectivity index is 0.00000361. The van der Waals surface area contributed by atoms with Gasteiger partial charge in [-0.1, -0.05) is 19.1 Å². The number of nitrogens with zero attached hydrogens (tertiary/aromatic N) is 1. The number of benzene rings is 1. The summed E-state index contributed by atoms with van der Waals surface area (Å²) in [4.78, 5) is 4.02. The number of guanidine groups is 1. The van der Waals surface area contributed by atoms with Crippen LogP contribution in [0.4, 0.5) is 8.78 Å². The SMILES string of the molecule is C=CCNC(=NC)NCC(C)c1ccc(F)cc1F.I. The van der Waals surface area contributed by atoms with Crippen LogP contribution < -0.4 is 10.6 Å². The Labute approximate surface area is 135 Å².